The third-order valence-corrected chi connectivity index (χ3v) is 7.11. The van der Waals surface area contributed by atoms with Gasteiger partial charge in [-0.15, -0.1) is 11.3 Å². The summed E-state index contributed by atoms with van der Waals surface area (Å²) in [6.07, 6.45) is 0.891. The van der Waals surface area contributed by atoms with Gasteiger partial charge in [-0.3, -0.25) is 9.59 Å². The molecular formula is C24H27N3O4S2. The van der Waals surface area contributed by atoms with Crippen molar-refractivity contribution in [2.75, 3.05) is 11.9 Å². The van der Waals surface area contributed by atoms with Crippen LogP contribution in [0, 0.1) is 0 Å². The number of sulfonamides is 1. The molecule has 33 heavy (non-hydrogen) atoms. The van der Waals surface area contributed by atoms with Crippen LogP contribution in [-0.2, 0) is 27.7 Å². The minimum Gasteiger partial charge on any atom is -0.354 e. The van der Waals surface area contributed by atoms with Crippen molar-refractivity contribution < 1.29 is 18.0 Å². The highest BCUT2D eigenvalue weighted by Gasteiger charge is 2.15. The summed E-state index contributed by atoms with van der Waals surface area (Å²) >= 11 is 1.58. The molecule has 0 saturated heterocycles. The van der Waals surface area contributed by atoms with Gasteiger partial charge in [0.2, 0.25) is 15.9 Å². The van der Waals surface area contributed by atoms with Gasteiger partial charge < -0.3 is 10.6 Å². The summed E-state index contributed by atoms with van der Waals surface area (Å²) in [6, 6.07) is 16.8. The first kappa shape index (κ1) is 24.6. The summed E-state index contributed by atoms with van der Waals surface area (Å²) in [4.78, 5) is 25.6. The van der Waals surface area contributed by atoms with Gasteiger partial charge in [-0.05, 0) is 73.7 Å². The molecule has 3 aromatic rings. The molecule has 3 N–H and O–H groups in total. The lowest BCUT2D eigenvalue weighted by molar-refractivity contribution is -0.120. The SMILES string of the molecule is CC(C)NC(=O)Cc1ccc(NC(=O)c2ccc(S(=O)(=O)NCCc3cccs3)cc2)cc1. The average Bonchev–Trinajstić information content (AvgIpc) is 3.28. The van der Waals surface area contributed by atoms with Crippen molar-refractivity contribution in [1.29, 1.82) is 0 Å². The topological polar surface area (TPSA) is 104 Å². The van der Waals surface area contributed by atoms with Crippen LogP contribution in [0.2, 0.25) is 0 Å². The van der Waals surface area contributed by atoms with Gasteiger partial charge in [0.25, 0.3) is 5.91 Å². The van der Waals surface area contributed by atoms with E-state index in [1.54, 1.807) is 35.6 Å². The summed E-state index contributed by atoms with van der Waals surface area (Å²) in [5.74, 6) is -0.409. The van der Waals surface area contributed by atoms with Gasteiger partial charge in [0.15, 0.2) is 0 Å². The van der Waals surface area contributed by atoms with Gasteiger partial charge in [-0.2, -0.15) is 0 Å². The zero-order valence-electron chi connectivity index (χ0n) is 18.5. The number of hydrogen-bond donors (Lipinski definition) is 3. The van der Waals surface area contributed by atoms with Crippen molar-refractivity contribution in [1.82, 2.24) is 10.0 Å². The lowest BCUT2D eigenvalue weighted by Crippen LogP contribution is -2.31. The molecule has 0 aliphatic carbocycles. The van der Waals surface area contributed by atoms with Crippen LogP contribution < -0.4 is 15.4 Å². The predicted molar refractivity (Wildman–Crippen MR) is 131 cm³/mol. The summed E-state index contributed by atoms with van der Waals surface area (Å²) in [5, 5.41) is 7.57. The fourth-order valence-corrected chi connectivity index (χ4v) is 4.84. The Morgan fingerprint density at radius 1 is 0.970 bits per heavy atom. The molecule has 1 heterocycles. The zero-order chi connectivity index (χ0) is 23.8. The molecule has 0 saturated carbocycles. The van der Waals surface area contributed by atoms with Gasteiger partial charge in [0.05, 0.1) is 11.3 Å². The number of thiophene rings is 1. The monoisotopic (exact) mass is 485 g/mol. The van der Waals surface area contributed by atoms with Crippen molar-refractivity contribution in [3.63, 3.8) is 0 Å². The first-order valence-corrected chi connectivity index (χ1v) is 12.9. The number of benzene rings is 2. The normalized spacial score (nSPS) is 11.4. The summed E-state index contributed by atoms with van der Waals surface area (Å²) < 4.78 is 27.5. The van der Waals surface area contributed by atoms with Crippen molar-refractivity contribution in [3.05, 3.63) is 82.0 Å². The fraction of sp³-hybridized carbons (Fsp3) is 0.250. The Hall–Kier alpha value is -3.01. The van der Waals surface area contributed by atoms with Gasteiger partial charge >= 0.3 is 0 Å². The second-order valence-corrected chi connectivity index (χ2v) is 10.6. The molecule has 0 atom stereocenters. The highest BCUT2D eigenvalue weighted by Crippen LogP contribution is 2.15. The number of rotatable bonds is 10. The Morgan fingerprint density at radius 3 is 2.27 bits per heavy atom. The van der Waals surface area contributed by atoms with Crippen LogP contribution in [0.4, 0.5) is 5.69 Å². The number of carbonyl (C=O) groups excluding carboxylic acids is 2. The fourth-order valence-electron chi connectivity index (χ4n) is 3.10. The number of nitrogens with one attached hydrogen (secondary N) is 3. The maximum atomic E-state index is 12.5. The Balaban J connectivity index is 1.54. The molecular weight excluding hydrogens is 458 g/mol. The van der Waals surface area contributed by atoms with E-state index in [0.29, 0.717) is 24.2 Å². The second kappa shape index (κ2) is 11.2. The first-order chi connectivity index (χ1) is 15.7. The van der Waals surface area contributed by atoms with E-state index in [9.17, 15) is 18.0 Å². The smallest absolute Gasteiger partial charge is 0.255 e. The highest BCUT2D eigenvalue weighted by atomic mass is 32.2. The maximum Gasteiger partial charge on any atom is 0.255 e. The number of carbonyl (C=O) groups is 2. The van der Waals surface area contributed by atoms with E-state index in [1.807, 2.05) is 31.4 Å². The van der Waals surface area contributed by atoms with Gasteiger partial charge in [0, 0.05) is 28.7 Å². The molecule has 9 heteroatoms. The quantitative estimate of drug-likeness (QED) is 0.408. The van der Waals surface area contributed by atoms with Crippen LogP contribution in [0.3, 0.4) is 0 Å². The van der Waals surface area contributed by atoms with Crippen LogP contribution in [0.25, 0.3) is 0 Å². The van der Waals surface area contributed by atoms with Crippen molar-refractivity contribution in [2.45, 2.75) is 37.6 Å². The summed E-state index contributed by atoms with van der Waals surface area (Å²) in [7, 11) is -3.65. The zero-order valence-corrected chi connectivity index (χ0v) is 20.1. The Kier molecular flexibility index (Phi) is 8.37. The van der Waals surface area contributed by atoms with E-state index in [2.05, 4.69) is 15.4 Å². The van der Waals surface area contributed by atoms with Crippen LogP contribution in [0.5, 0.6) is 0 Å². The molecule has 0 fully saturated rings. The van der Waals surface area contributed by atoms with Crippen LogP contribution in [0.1, 0.15) is 34.6 Å². The Morgan fingerprint density at radius 2 is 1.67 bits per heavy atom. The van der Waals surface area contributed by atoms with Gasteiger partial charge in [-0.1, -0.05) is 18.2 Å². The first-order valence-electron chi connectivity index (χ1n) is 10.5. The highest BCUT2D eigenvalue weighted by molar-refractivity contribution is 7.89. The van der Waals surface area contributed by atoms with Crippen LogP contribution in [0.15, 0.2) is 70.9 Å². The van der Waals surface area contributed by atoms with Crippen LogP contribution in [-0.4, -0.2) is 32.8 Å². The molecule has 2 aromatic carbocycles. The molecule has 0 spiro atoms. The maximum absolute atomic E-state index is 12.5. The molecule has 0 unspecified atom stereocenters. The minimum atomic E-state index is -3.65. The number of anilines is 1. The molecule has 1 aromatic heterocycles. The van der Waals surface area contributed by atoms with Crippen molar-refractivity contribution in [3.8, 4) is 0 Å². The molecule has 174 valence electrons. The Labute approximate surface area is 198 Å². The molecule has 7 nitrogen and oxygen atoms in total. The van der Waals surface area contributed by atoms with E-state index in [-0.39, 0.29) is 29.2 Å². The standard InChI is InChI=1S/C24H27N3O4S2/c1-17(2)26-23(28)16-18-5-9-20(10-6-18)27-24(29)19-7-11-22(12-8-19)33(30,31)25-14-13-21-4-3-15-32-21/h3-12,15,17,25H,13-14,16H2,1-2H3,(H,26,28)(H,27,29). The third-order valence-electron chi connectivity index (χ3n) is 4.70. The average molecular weight is 486 g/mol. The molecule has 0 radical (unpaired) electrons. The van der Waals surface area contributed by atoms with Gasteiger partial charge in [0.1, 0.15) is 0 Å². The minimum absolute atomic E-state index is 0.0576. The third kappa shape index (κ3) is 7.52. The second-order valence-electron chi connectivity index (χ2n) is 7.80. The van der Waals surface area contributed by atoms with Crippen LogP contribution >= 0.6 is 11.3 Å². The largest absolute Gasteiger partial charge is 0.354 e. The number of hydrogen-bond acceptors (Lipinski definition) is 5. The molecule has 0 bridgehead atoms. The van der Waals surface area contributed by atoms with E-state index < -0.39 is 10.0 Å². The molecule has 3 rings (SSSR count). The lowest BCUT2D eigenvalue weighted by atomic mass is 10.1. The van der Waals surface area contributed by atoms with Crippen molar-refractivity contribution >= 4 is 38.9 Å². The van der Waals surface area contributed by atoms with E-state index in [0.717, 1.165) is 10.4 Å². The molecule has 0 aliphatic rings. The van der Waals surface area contributed by atoms with Gasteiger partial charge in [-0.25, -0.2) is 13.1 Å². The molecule has 2 amide bonds. The predicted octanol–water partition coefficient (Wildman–Crippen LogP) is 3.59. The van der Waals surface area contributed by atoms with E-state index in [1.165, 1.54) is 24.3 Å². The Bertz CT molecular complexity index is 1170. The molecule has 0 aliphatic heterocycles. The van der Waals surface area contributed by atoms with E-state index >= 15 is 0 Å². The summed E-state index contributed by atoms with van der Waals surface area (Å²) in [5.41, 5.74) is 1.76. The summed E-state index contributed by atoms with van der Waals surface area (Å²) in [6.45, 7) is 4.11. The van der Waals surface area contributed by atoms with Crippen molar-refractivity contribution in [2.24, 2.45) is 0 Å². The van der Waals surface area contributed by atoms with E-state index in [4.69, 9.17) is 0 Å². The lowest BCUT2D eigenvalue weighted by Gasteiger charge is -2.10. The number of amides is 2.